The summed E-state index contributed by atoms with van der Waals surface area (Å²) in [7, 11) is 0. The fraction of sp³-hybridized carbons (Fsp3) is 0.714. The van der Waals surface area contributed by atoms with Crippen molar-refractivity contribution < 1.29 is 10.2 Å². The predicted molar refractivity (Wildman–Crippen MR) is 65.0 cm³/mol. The van der Waals surface area contributed by atoms with Crippen LogP contribution in [0.5, 0.6) is 0 Å². The van der Waals surface area contributed by atoms with E-state index in [4.69, 9.17) is 0 Å². The number of aliphatic hydroxyl groups is 2. The molecule has 0 radical (unpaired) electrons. The lowest BCUT2D eigenvalue weighted by Crippen LogP contribution is -2.39. The minimum Gasteiger partial charge on any atom is -0.390 e. The molecule has 2 heteroatoms. The Morgan fingerprint density at radius 1 is 1.31 bits per heavy atom. The highest BCUT2D eigenvalue weighted by molar-refractivity contribution is 5.27. The summed E-state index contributed by atoms with van der Waals surface area (Å²) in [4.78, 5) is 0. The molecule has 0 aliphatic heterocycles. The van der Waals surface area contributed by atoms with E-state index in [0.29, 0.717) is 12.3 Å². The summed E-state index contributed by atoms with van der Waals surface area (Å²) < 4.78 is 0. The molecule has 0 heterocycles. The molecule has 0 spiro atoms. The number of hydrogen-bond donors (Lipinski definition) is 2. The highest BCUT2D eigenvalue weighted by Gasteiger charge is 2.36. The smallest absolute Gasteiger partial charge is 0.0864 e. The first-order valence-corrected chi connectivity index (χ1v) is 6.23. The van der Waals surface area contributed by atoms with E-state index in [0.717, 1.165) is 19.3 Å². The maximum absolute atomic E-state index is 9.90. The van der Waals surface area contributed by atoms with Crippen LogP contribution < -0.4 is 0 Å². The molecule has 4 atom stereocenters. The summed E-state index contributed by atoms with van der Waals surface area (Å²) in [5.74, 6) is 0.685. The Balaban J connectivity index is 2.22. The average Bonchev–Trinajstić information content (AvgIpc) is 2.25. The molecule has 2 rings (SSSR count). The summed E-state index contributed by atoms with van der Waals surface area (Å²) in [5.41, 5.74) is 4.03. The van der Waals surface area contributed by atoms with Gasteiger partial charge in [0.25, 0.3) is 0 Å². The largest absolute Gasteiger partial charge is 0.390 e. The molecule has 0 bridgehead atoms. The van der Waals surface area contributed by atoms with Crippen LogP contribution in [0.1, 0.15) is 39.5 Å². The molecule has 0 aromatic rings. The second-order valence-electron chi connectivity index (χ2n) is 5.47. The van der Waals surface area contributed by atoms with Gasteiger partial charge in [-0.25, -0.2) is 0 Å². The van der Waals surface area contributed by atoms with E-state index < -0.39 is 12.2 Å². The van der Waals surface area contributed by atoms with Crippen LogP contribution >= 0.6 is 0 Å². The SMILES string of the molecule is C=C(C)[C@H]1CCC2=C(C1)[C@H](C)[C@H](O)[C@H](O)C2. The number of aliphatic hydroxyl groups excluding tert-OH is 2. The van der Waals surface area contributed by atoms with Crippen molar-refractivity contribution in [2.45, 2.75) is 51.7 Å². The number of rotatable bonds is 1. The van der Waals surface area contributed by atoms with Crippen LogP contribution in [0.25, 0.3) is 0 Å². The molecule has 2 aliphatic carbocycles. The lowest BCUT2D eigenvalue weighted by molar-refractivity contribution is -0.0142. The summed E-state index contributed by atoms with van der Waals surface area (Å²) in [6, 6.07) is 0. The van der Waals surface area contributed by atoms with E-state index >= 15 is 0 Å². The minimum atomic E-state index is -0.581. The molecule has 90 valence electrons. The summed E-state index contributed by atoms with van der Waals surface area (Å²) in [6.07, 6.45) is 2.79. The molecular formula is C14H22O2. The van der Waals surface area contributed by atoms with Gasteiger partial charge in [-0.05, 0) is 38.5 Å². The van der Waals surface area contributed by atoms with Crippen LogP contribution in [-0.4, -0.2) is 22.4 Å². The highest BCUT2D eigenvalue weighted by atomic mass is 16.3. The van der Waals surface area contributed by atoms with Crippen molar-refractivity contribution in [3.63, 3.8) is 0 Å². The number of allylic oxidation sites excluding steroid dienone is 1. The van der Waals surface area contributed by atoms with E-state index in [9.17, 15) is 10.2 Å². The Kier molecular flexibility index (Phi) is 3.22. The van der Waals surface area contributed by atoms with Crippen molar-refractivity contribution in [1.82, 2.24) is 0 Å². The second kappa shape index (κ2) is 4.34. The molecule has 2 N–H and O–H groups in total. The summed E-state index contributed by atoms with van der Waals surface area (Å²) in [6.45, 7) is 8.16. The second-order valence-corrected chi connectivity index (χ2v) is 5.47. The van der Waals surface area contributed by atoms with Crippen LogP contribution in [0.3, 0.4) is 0 Å². The minimum absolute atomic E-state index is 0.112. The molecule has 2 aliphatic rings. The standard InChI is InChI=1S/C14H22O2/c1-8(2)10-4-5-11-7-13(15)14(16)9(3)12(11)6-10/h9-10,13-16H,1,4-7H2,2-3H3/t9-,10-,13+,14-/m0/s1. The average molecular weight is 222 g/mol. The van der Waals surface area contributed by atoms with Crippen molar-refractivity contribution in [2.75, 3.05) is 0 Å². The molecule has 0 saturated carbocycles. The summed E-state index contributed by atoms with van der Waals surface area (Å²) >= 11 is 0. The Bertz CT molecular complexity index is 330. The van der Waals surface area contributed by atoms with Gasteiger partial charge in [-0.3, -0.25) is 0 Å². The van der Waals surface area contributed by atoms with Crippen molar-refractivity contribution in [1.29, 1.82) is 0 Å². The van der Waals surface area contributed by atoms with Crippen LogP contribution in [0.15, 0.2) is 23.3 Å². The van der Waals surface area contributed by atoms with Gasteiger partial charge in [0.2, 0.25) is 0 Å². The van der Waals surface area contributed by atoms with Gasteiger partial charge in [0.1, 0.15) is 0 Å². The lowest BCUT2D eigenvalue weighted by Gasteiger charge is -2.39. The third-order valence-corrected chi connectivity index (χ3v) is 4.32. The van der Waals surface area contributed by atoms with Crippen molar-refractivity contribution in [3.05, 3.63) is 23.3 Å². The van der Waals surface area contributed by atoms with Gasteiger partial charge in [0, 0.05) is 5.92 Å². The lowest BCUT2D eigenvalue weighted by atomic mass is 9.70. The van der Waals surface area contributed by atoms with E-state index in [-0.39, 0.29) is 5.92 Å². The first-order valence-electron chi connectivity index (χ1n) is 6.23. The molecule has 0 aromatic carbocycles. The zero-order valence-electron chi connectivity index (χ0n) is 10.2. The molecule has 0 saturated heterocycles. The topological polar surface area (TPSA) is 40.5 Å². The van der Waals surface area contributed by atoms with Gasteiger partial charge in [0.05, 0.1) is 12.2 Å². The molecule has 0 fully saturated rings. The van der Waals surface area contributed by atoms with E-state index in [1.54, 1.807) is 0 Å². The highest BCUT2D eigenvalue weighted by Crippen LogP contribution is 2.42. The van der Waals surface area contributed by atoms with Crippen LogP contribution in [0.4, 0.5) is 0 Å². The fourth-order valence-electron chi connectivity index (χ4n) is 3.10. The first kappa shape index (κ1) is 11.9. The third kappa shape index (κ3) is 1.96. The van der Waals surface area contributed by atoms with E-state index in [1.165, 1.54) is 16.7 Å². The monoisotopic (exact) mass is 222 g/mol. The van der Waals surface area contributed by atoms with E-state index in [1.807, 2.05) is 6.92 Å². The maximum Gasteiger partial charge on any atom is 0.0864 e. The van der Waals surface area contributed by atoms with Crippen molar-refractivity contribution >= 4 is 0 Å². The normalized spacial score (nSPS) is 39.5. The van der Waals surface area contributed by atoms with Crippen molar-refractivity contribution in [2.24, 2.45) is 11.8 Å². The van der Waals surface area contributed by atoms with Crippen LogP contribution in [-0.2, 0) is 0 Å². The van der Waals surface area contributed by atoms with Crippen LogP contribution in [0, 0.1) is 11.8 Å². The van der Waals surface area contributed by atoms with Gasteiger partial charge in [0.15, 0.2) is 0 Å². The number of hydrogen-bond acceptors (Lipinski definition) is 2. The van der Waals surface area contributed by atoms with Crippen LogP contribution in [0.2, 0.25) is 0 Å². The fourth-order valence-corrected chi connectivity index (χ4v) is 3.10. The third-order valence-electron chi connectivity index (χ3n) is 4.32. The zero-order chi connectivity index (χ0) is 11.9. The molecule has 0 aromatic heterocycles. The summed E-state index contributed by atoms with van der Waals surface area (Å²) in [5, 5.41) is 19.7. The first-order chi connectivity index (χ1) is 7.50. The van der Waals surface area contributed by atoms with Crippen molar-refractivity contribution in [3.8, 4) is 0 Å². The van der Waals surface area contributed by atoms with E-state index in [2.05, 4.69) is 13.5 Å². The maximum atomic E-state index is 9.90. The molecule has 16 heavy (non-hydrogen) atoms. The molecular weight excluding hydrogens is 200 g/mol. The Morgan fingerprint density at radius 3 is 2.62 bits per heavy atom. The van der Waals surface area contributed by atoms with Gasteiger partial charge >= 0.3 is 0 Å². The Hall–Kier alpha value is -0.600. The Labute approximate surface area is 97.7 Å². The Morgan fingerprint density at radius 2 is 2.00 bits per heavy atom. The quantitative estimate of drug-likeness (QED) is 0.669. The predicted octanol–water partition coefficient (Wildman–Crippen LogP) is 2.42. The van der Waals surface area contributed by atoms with Gasteiger partial charge in [-0.15, -0.1) is 0 Å². The molecule has 0 amide bonds. The zero-order valence-corrected chi connectivity index (χ0v) is 10.2. The van der Waals surface area contributed by atoms with Gasteiger partial charge in [-0.2, -0.15) is 0 Å². The van der Waals surface area contributed by atoms with Gasteiger partial charge in [-0.1, -0.05) is 30.2 Å². The molecule has 0 unspecified atom stereocenters. The molecule has 2 nitrogen and oxygen atoms in total. The van der Waals surface area contributed by atoms with Gasteiger partial charge < -0.3 is 10.2 Å².